The molecule has 1 saturated heterocycles. The molecule has 5 heteroatoms. The molecule has 1 atom stereocenters. The second-order valence-corrected chi connectivity index (χ2v) is 5.07. The summed E-state index contributed by atoms with van der Waals surface area (Å²) < 4.78 is 0. The number of rotatable bonds is 3. The smallest absolute Gasteiger partial charge is 0.151 e. The quantitative estimate of drug-likeness (QED) is 0.919. The Morgan fingerprint density at radius 2 is 2.10 bits per heavy atom. The largest absolute Gasteiger partial charge is 0.354 e. The van der Waals surface area contributed by atoms with Gasteiger partial charge in [-0.05, 0) is 44.2 Å². The molecule has 5 nitrogen and oxygen atoms in total. The normalized spacial score (nSPS) is 19.1. The van der Waals surface area contributed by atoms with Crippen molar-refractivity contribution in [2.45, 2.75) is 18.9 Å². The zero-order chi connectivity index (χ0) is 13.8. The highest BCUT2D eigenvalue weighted by atomic mass is 15.3. The van der Waals surface area contributed by atoms with E-state index in [1.165, 1.54) is 12.8 Å². The van der Waals surface area contributed by atoms with Crippen LogP contribution in [-0.2, 0) is 0 Å². The van der Waals surface area contributed by atoms with Gasteiger partial charge in [0.05, 0.1) is 5.69 Å². The Labute approximate surface area is 119 Å². The molecule has 104 valence electrons. The second kappa shape index (κ2) is 5.96. The lowest BCUT2D eigenvalue weighted by atomic mass is 10.1. The van der Waals surface area contributed by atoms with Crippen LogP contribution in [0.1, 0.15) is 12.8 Å². The van der Waals surface area contributed by atoms with Crippen LogP contribution >= 0.6 is 0 Å². The molecule has 0 bridgehead atoms. The number of hydrogen-bond acceptors (Lipinski definition) is 5. The highest BCUT2D eigenvalue weighted by Crippen LogP contribution is 2.19. The third-order valence-corrected chi connectivity index (χ3v) is 3.73. The van der Waals surface area contributed by atoms with E-state index >= 15 is 0 Å². The van der Waals surface area contributed by atoms with Crippen LogP contribution in [0, 0.1) is 0 Å². The van der Waals surface area contributed by atoms with E-state index in [-0.39, 0.29) is 0 Å². The number of anilines is 1. The van der Waals surface area contributed by atoms with Gasteiger partial charge in [-0.15, -0.1) is 10.2 Å². The van der Waals surface area contributed by atoms with E-state index in [9.17, 15) is 0 Å². The molecule has 0 spiro atoms. The molecule has 0 radical (unpaired) electrons. The van der Waals surface area contributed by atoms with E-state index in [1.54, 1.807) is 6.20 Å². The first-order valence-corrected chi connectivity index (χ1v) is 7.04. The van der Waals surface area contributed by atoms with Gasteiger partial charge in [0, 0.05) is 25.3 Å². The van der Waals surface area contributed by atoms with Crippen molar-refractivity contribution in [2.24, 2.45) is 0 Å². The zero-order valence-electron chi connectivity index (χ0n) is 11.7. The zero-order valence-corrected chi connectivity index (χ0v) is 11.7. The standard InChI is InChI=1S/C15H19N5/c1-16-12-5-4-10-20(11-12)15-8-7-14(18-19-15)13-6-2-3-9-17-13/h2-3,6-9,12,16H,4-5,10-11H2,1H3. The number of nitrogens with one attached hydrogen (secondary N) is 1. The van der Waals surface area contributed by atoms with Gasteiger partial charge in [-0.3, -0.25) is 4.98 Å². The van der Waals surface area contributed by atoms with Gasteiger partial charge in [-0.25, -0.2) is 0 Å². The average Bonchev–Trinajstić information content (AvgIpc) is 2.56. The van der Waals surface area contributed by atoms with Crippen molar-refractivity contribution in [3.8, 4) is 11.4 Å². The molecular formula is C15H19N5. The Balaban J connectivity index is 1.76. The minimum absolute atomic E-state index is 0.543. The predicted molar refractivity (Wildman–Crippen MR) is 79.6 cm³/mol. The summed E-state index contributed by atoms with van der Waals surface area (Å²) in [4.78, 5) is 6.58. The first-order chi connectivity index (χ1) is 9.86. The number of aromatic nitrogens is 3. The van der Waals surface area contributed by atoms with Crippen LogP contribution in [0.15, 0.2) is 36.5 Å². The van der Waals surface area contributed by atoms with E-state index in [2.05, 4.69) is 25.4 Å². The summed E-state index contributed by atoms with van der Waals surface area (Å²) in [7, 11) is 2.02. The van der Waals surface area contributed by atoms with Crippen LogP contribution in [0.3, 0.4) is 0 Å². The summed E-state index contributed by atoms with van der Waals surface area (Å²) in [5, 5.41) is 12.0. The number of nitrogens with zero attached hydrogens (tertiary/aromatic N) is 4. The van der Waals surface area contributed by atoms with Crippen LogP contribution in [0.4, 0.5) is 5.82 Å². The monoisotopic (exact) mass is 269 g/mol. The van der Waals surface area contributed by atoms with Crippen molar-refractivity contribution in [3.63, 3.8) is 0 Å². The molecule has 20 heavy (non-hydrogen) atoms. The predicted octanol–water partition coefficient (Wildman–Crippen LogP) is 1.73. The second-order valence-electron chi connectivity index (χ2n) is 5.07. The minimum Gasteiger partial charge on any atom is -0.354 e. The summed E-state index contributed by atoms with van der Waals surface area (Å²) in [6, 6.07) is 10.4. The van der Waals surface area contributed by atoms with Gasteiger partial charge in [0.2, 0.25) is 0 Å². The SMILES string of the molecule is CNC1CCCN(c2ccc(-c3ccccn3)nn2)C1. The van der Waals surface area contributed by atoms with E-state index in [0.29, 0.717) is 6.04 Å². The summed E-state index contributed by atoms with van der Waals surface area (Å²) in [6.45, 7) is 2.05. The lowest BCUT2D eigenvalue weighted by Crippen LogP contribution is -2.44. The molecule has 3 rings (SSSR count). The van der Waals surface area contributed by atoms with Crippen molar-refractivity contribution >= 4 is 5.82 Å². The molecule has 1 aliphatic heterocycles. The van der Waals surface area contributed by atoms with Crippen LogP contribution in [0.25, 0.3) is 11.4 Å². The third-order valence-electron chi connectivity index (χ3n) is 3.73. The Hall–Kier alpha value is -2.01. The molecule has 2 aromatic rings. The fourth-order valence-corrected chi connectivity index (χ4v) is 2.57. The molecule has 1 aliphatic rings. The highest BCUT2D eigenvalue weighted by Gasteiger charge is 2.19. The van der Waals surface area contributed by atoms with Crippen molar-refractivity contribution in [2.75, 3.05) is 25.0 Å². The lowest BCUT2D eigenvalue weighted by Gasteiger charge is -2.33. The van der Waals surface area contributed by atoms with Gasteiger partial charge in [0.25, 0.3) is 0 Å². The molecule has 0 aromatic carbocycles. The van der Waals surface area contributed by atoms with Crippen molar-refractivity contribution in [3.05, 3.63) is 36.5 Å². The maximum absolute atomic E-state index is 4.36. The fourth-order valence-electron chi connectivity index (χ4n) is 2.57. The summed E-state index contributed by atoms with van der Waals surface area (Å²) in [5.41, 5.74) is 1.68. The Kier molecular flexibility index (Phi) is 3.87. The summed E-state index contributed by atoms with van der Waals surface area (Å²) in [5.74, 6) is 0.949. The van der Waals surface area contributed by atoms with Crippen molar-refractivity contribution in [1.29, 1.82) is 0 Å². The maximum atomic E-state index is 4.36. The van der Waals surface area contributed by atoms with Gasteiger partial charge in [-0.1, -0.05) is 6.07 Å². The summed E-state index contributed by atoms with van der Waals surface area (Å²) in [6.07, 6.45) is 4.19. The van der Waals surface area contributed by atoms with Gasteiger partial charge >= 0.3 is 0 Å². The number of piperidine rings is 1. The Bertz CT molecular complexity index is 540. The molecule has 2 aromatic heterocycles. The minimum atomic E-state index is 0.543. The van der Waals surface area contributed by atoms with E-state index in [0.717, 1.165) is 30.3 Å². The molecule has 0 amide bonds. The highest BCUT2D eigenvalue weighted by molar-refractivity contribution is 5.54. The first kappa shape index (κ1) is 13.0. The van der Waals surface area contributed by atoms with E-state index in [4.69, 9.17) is 0 Å². The number of hydrogen-bond donors (Lipinski definition) is 1. The van der Waals surface area contributed by atoms with Crippen LogP contribution in [-0.4, -0.2) is 41.4 Å². The van der Waals surface area contributed by atoms with Gasteiger partial charge < -0.3 is 10.2 Å². The topological polar surface area (TPSA) is 53.9 Å². The van der Waals surface area contributed by atoms with Crippen LogP contribution in [0.2, 0.25) is 0 Å². The Morgan fingerprint density at radius 3 is 2.80 bits per heavy atom. The van der Waals surface area contributed by atoms with Crippen molar-refractivity contribution in [1.82, 2.24) is 20.5 Å². The van der Waals surface area contributed by atoms with Crippen molar-refractivity contribution < 1.29 is 0 Å². The molecular weight excluding hydrogens is 250 g/mol. The number of pyridine rings is 1. The van der Waals surface area contributed by atoms with E-state index < -0.39 is 0 Å². The van der Waals surface area contributed by atoms with Gasteiger partial charge in [-0.2, -0.15) is 0 Å². The number of likely N-dealkylation sites (N-methyl/N-ethyl adjacent to an activating group) is 1. The maximum Gasteiger partial charge on any atom is 0.151 e. The third kappa shape index (κ3) is 2.77. The lowest BCUT2D eigenvalue weighted by molar-refractivity contribution is 0.447. The van der Waals surface area contributed by atoms with Gasteiger partial charge in [0.1, 0.15) is 5.69 Å². The Morgan fingerprint density at radius 1 is 1.15 bits per heavy atom. The van der Waals surface area contributed by atoms with Gasteiger partial charge in [0.15, 0.2) is 5.82 Å². The van der Waals surface area contributed by atoms with Crippen LogP contribution in [0.5, 0.6) is 0 Å². The van der Waals surface area contributed by atoms with E-state index in [1.807, 2.05) is 37.4 Å². The van der Waals surface area contributed by atoms with Crippen LogP contribution < -0.4 is 10.2 Å². The molecule has 1 N–H and O–H groups in total. The molecule has 3 heterocycles. The fraction of sp³-hybridized carbons (Fsp3) is 0.400. The molecule has 0 aliphatic carbocycles. The average molecular weight is 269 g/mol. The first-order valence-electron chi connectivity index (χ1n) is 7.04. The molecule has 0 saturated carbocycles. The summed E-state index contributed by atoms with van der Waals surface area (Å²) >= 11 is 0. The molecule has 1 fully saturated rings. The molecule has 1 unspecified atom stereocenters.